The molecule has 2 aliphatic carbocycles. The predicted molar refractivity (Wildman–Crippen MR) is 254 cm³/mol. The van der Waals surface area contributed by atoms with Gasteiger partial charge in [0.25, 0.3) is 0 Å². The van der Waals surface area contributed by atoms with Crippen molar-refractivity contribution in [3.63, 3.8) is 0 Å². The molecule has 2 N–H and O–H groups in total. The van der Waals surface area contributed by atoms with E-state index in [9.17, 15) is 0 Å². The van der Waals surface area contributed by atoms with E-state index in [0.29, 0.717) is 11.8 Å². The molecule has 1 fully saturated rings. The molecule has 5 heterocycles. The second-order valence-electron chi connectivity index (χ2n) is 21.4. The van der Waals surface area contributed by atoms with Gasteiger partial charge in [0.15, 0.2) is 0 Å². The van der Waals surface area contributed by atoms with Gasteiger partial charge >= 0.3 is 0 Å². The Morgan fingerprint density at radius 3 is 1.38 bits per heavy atom. The molecule has 10 bridgehead atoms. The Kier molecular flexibility index (Phi) is 8.00. The number of fused-ring (bicyclic) bond motifs is 22. The van der Waals surface area contributed by atoms with Crippen molar-refractivity contribution < 1.29 is 0 Å². The third-order valence-electron chi connectivity index (χ3n) is 14.1. The van der Waals surface area contributed by atoms with E-state index in [0.717, 1.165) is 62.7 Å². The lowest BCUT2D eigenvalue weighted by atomic mass is 9.85. The van der Waals surface area contributed by atoms with E-state index >= 15 is 0 Å². The Morgan fingerprint density at radius 1 is 0.450 bits per heavy atom. The van der Waals surface area contributed by atoms with E-state index < -0.39 is 0 Å². The Bertz CT molecular complexity index is 3150. The van der Waals surface area contributed by atoms with Crippen molar-refractivity contribution in [2.75, 3.05) is 0 Å². The maximum absolute atomic E-state index is 5.53. The molecule has 0 saturated heterocycles. The number of allylic oxidation sites excluding steroid dienone is 2. The topological polar surface area (TPSA) is 57.4 Å². The molecule has 4 aromatic carbocycles. The minimum atomic E-state index is -0.00212. The zero-order chi connectivity index (χ0) is 41.5. The molecule has 3 atom stereocenters. The van der Waals surface area contributed by atoms with Crippen LogP contribution in [0.15, 0.2) is 109 Å². The summed E-state index contributed by atoms with van der Waals surface area (Å²) in [7, 11) is 0. The summed E-state index contributed by atoms with van der Waals surface area (Å²) >= 11 is 0. The van der Waals surface area contributed by atoms with E-state index in [1.54, 1.807) is 0 Å². The maximum Gasteiger partial charge on any atom is 0.0737 e. The molecular formula is C56H56N4. The van der Waals surface area contributed by atoms with Gasteiger partial charge in [0.05, 0.1) is 22.8 Å². The van der Waals surface area contributed by atoms with E-state index in [4.69, 9.17) is 9.97 Å². The first-order valence-corrected chi connectivity index (χ1v) is 22.1. The molecule has 4 heteroatoms. The van der Waals surface area contributed by atoms with E-state index in [2.05, 4.69) is 181 Å². The third kappa shape index (κ3) is 6.16. The second-order valence-corrected chi connectivity index (χ2v) is 21.4. The zero-order valence-corrected chi connectivity index (χ0v) is 36.6. The van der Waals surface area contributed by atoms with Crippen LogP contribution < -0.4 is 0 Å². The van der Waals surface area contributed by atoms with Gasteiger partial charge in [0, 0.05) is 65.9 Å². The van der Waals surface area contributed by atoms with Crippen LogP contribution in [-0.2, 0) is 22.7 Å². The van der Waals surface area contributed by atoms with Crippen LogP contribution in [0.25, 0.3) is 88.6 Å². The zero-order valence-electron chi connectivity index (χ0n) is 36.6. The van der Waals surface area contributed by atoms with Crippen LogP contribution in [0.2, 0.25) is 0 Å². The number of nitrogens with one attached hydrogen (secondary N) is 2. The van der Waals surface area contributed by atoms with E-state index in [1.807, 2.05) is 0 Å². The van der Waals surface area contributed by atoms with Gasteiger partial charge in [-0.1, -0.05) is 123 Å². The summed E-state index contributed by atoms with van der Waals surface area (Å²) in [6, 6.07) is 37.2. The molecule has 0 spiro atoms. The molecule has 4 aliphatic rings. The van der Waals surface area contributed by atoms with Crippen LogP contribution in [0.4, 0.5) is 0 Å². The van der Waals surface area contributed by atoms with Gasteiger partial charge in [-0.15, -0.1) is 0 Å². The number of aromatic amines is 2. The molecule has 2 aliphatic heterocycles. The highest BCUT2D eigenvalue weighted by atomic mass is 14.8. The smallest absolute Gasteiger partial charge is 0.0737 e. The summed E-state index contributed by atoms with van der Waals surface area (Å²) in [5.74, 6) is 2.20. The molecule has 300 valence electrons. The molecule has 3 aromatic heterocycles. The highest BCUT2D eigenvalue weighted by Gasteiger charge is 2.35. The van der Waals surface area contributed by atoms with Crippen molar-refractivity contribution in [1.29, 1.82) is 0 Å². The largest absolute Gasteiger partial charge is 0.354 e. The van der Waals surface area contributed by atoms with Gasteiger partial charge in [-0.3, -0.25) is 0 Å². The van der Waals surface area contributed by atoms with E-state index in [1.165, 1.54) is 73.3 Å². The maximum atomic E-state index is 5.53. The van der Waals surface area contributed by atoms with Gasteiger partial charge in [0.1, 0.15) is 0 Å². The number of benzene rings is 4. The molecular weight excluding hydrogens is 729 g/mol. The minimum absolute atomic E-state index is 0.00167. The average Bonchev–Trinajstić information content (AvgIpc) is 4.05. The number of nitrogens with zero attached hydrogens (tertiary/aromatic N) is 2. The van der Waals surface area contributed by atoms with Crippen LogP contribution in [0.3, 0.4) is 0 Å². The van der Waals surface area contributed by atoms with Crippen molar-refractivity contribution in [2.24, 2.45) is 17.8 Å². The summed E-state index contributed by atoms with van der Waals surface area (Å²) < 4.78 is 0. The molecule has 11 rings (SSSR count). The van der Waals surface area contributed by atoms with Gasteiger partial charge in [-0.25, -0.2) is 9.97 Å². The Labute approximate surface area is 354 Å². The number of hydrogen-bond acceptors (Lipinski definition) is 2. The van der Waals surface area contributed by atoms with Crippen molar-refractivity contribution in [2.45, 2.75) is 97.8 Å². The van der Waals surface area contributed by atoms with Crippen molar-refractivity contribution in [3.8, 4) is 45.0 Å². The fourth-order valence-corrected chi connectivity index (χ4v) is 10.5. The lowest BCUT2D eigenvalue weighted by molar-refractivity contribution is 0.446. The standard InChI is InChI=1S/C56H56N4/c1-54(2,3)35-13-17-39-43(24-35)51-28-48-40-18-14-36(55(4,5)6)25-44(40)52(59-48)29-49-41-19-15-37(56(7,8)9)26-45(41)53(60-49)30-50-42-23-32(22-34-21-31-10-12-33(34)20-31)11-16-38(42)46(57-50)27-47(39)58-51/h10-19,23-31,33-34,58,60H,20-22H2,1-9H3. The Balaban J connectivity index is 1.24. The summed E-state index contributed by atoms with van der Waals surface area (Å²) in [5, 5.41) is 4.78. The molecule has 3 unspecified atom stereocenters. The predicted octanol–water partition coefficient (Wildman–Crippen LogP) is 14.9. The summed E-state index contributed by atoms with van der Waals surface area (Å²) in [6.07, 6.45) is 8.68. The van der Waals surface area contributed by atoms with Crippen molar-refractivity contribution in [1.82, 2.24) is 19.9 Å². The molecule has 4 nitrogen and oxygen atoms in total. The summed E-state index contributed by atoms with van der Waals surface area (Å²) in [4.78, 5) is 18.9. The Morgan fingerprint density at radius 2 is 0.900 bits per heavy atom. The SMILES string of the molecule is CC(C)(C)c1ccc2c(c1)-c1cc3[nH]c(cc4nc(cc5[nH]c(cc-2n1)c1cc(C(C)(C)C)ccc51)-c1ccc(CC2CC5C=CC2C5)cc1-4)c1cc(C(C)(C)C)ccc31. The van der Waals surface area contributed by atoms with Crippen molar-refractivity contribution >= 4 is 43.6 Å². The summed E-state index contributed by atoms with van der Waals surface area (Å²) in [6.45, 7) is 20.6. The van der Waals surface area contributed by atoms with Gasteiger partial charge in [0.2, 0.25) is 0 Å². The third-order valence-corrected chi connectivity index (χ3v) is 14.1. The minimum Gasteiger partial charge on any atom is -0.354 e. The molecule has 7 aromatic rings. The lowest BCUT2D eigenvalue weighted by Crippen LogP contribution is -2.10. The normalized spacial score (nSPS) is 18.4. The first-order valence-electron chi connectivity index (χ1n) is 22.1. The second kappa shape index (κ2) is 12.9. The fourth-order valence-electron chi connectivity index (χ4n) is 10.5. The highest BCUT2D eigenvalue weighted by Crippen LogP contribution is 2.47. The van der Waals surface area contributed by atoms with Crippen molar-refractivity contribution in [3.05, 3.63) is 131 Å². The van der Waals surface area contributed by atoms with Crippen LogP contribution >= 0.6 is 0 Å². The monoisotopic (exact) mass is 784 g/mol. The quantitative estimate of drug-likeness (QED) is 0.172. The van der Waals surface area contributed by atoms with Crippen LogP contribution in [0.5, 0.6) is 0 Å². The molecule has 1 saturated carbocycles. The van der Waals surface area contributed by atoms with E-state index in [-0.39, 0.29) is 16.2 Å². The number of H-pyrrole nitrogens is 2. The first kappa shape index (κ1) is 37.3. The van der Waals surface area contributed by atoms with Crippen LogP contribution in [0.1, 0.15) is 97.4 Å². The molecule has 60 heavy (non-hydrogen) atoms. The fraction of sp³-hybridized carbons (Fsp3) is 0.321. The average molecular weight is 785 g/mol. The molecule has 0 radical (unpaired) electrons. The lowest BCUT2D eigenvalue weighted by Gasteiger charge is -2.20. The van der Waals surface area contributed by atoms with Crippen LogP contribution in [0, 0.1) is 17.8 Å². The van der Waals surface area contributed by atoms with Crippen LogP contribution in [-0.4, -0.2) is 19.9 Å². The first-order chi connectivity index (χ1) is 28.5. The van der Waals surface area contributed by atoms with Gasteiger partial charge in [-0.05, 0) is 124 Å². The highest BCUT2D eigenvalue weighted by molar-refractivity contribution is 6.10. The Hall–Kier alpha value is -5.74. The number of hydrogen-bond donors (Lipinski definition) is 2. The number of rotatable bonds is 2. The van der Waals surface area contributed by atoms with Gasteiger partial charge < -0.3 is 9.97 Å². The number of aromatic nitrogens is 4. The van der Waals surface area contributed by atoms with Gasteiger partial charge in [-0.2, -0.15) is 0 Å². The summed E-state index contributed by atoms with van der Waals surface area (Å²) in [5.41, 5.74) is 18.2. The molecule has 0 amide bonds.